The molecule has 0 N–H and O–H groups in total. The fraction of sp³-hybridized carbons (Fsp3) is 0.316. The summed E-state index contributed by atoms with van der Waals surface area (Å²) in [6.45, 7) is 1.55. The summed E-state index contributed by atoms with van der Waals surface area (Å²) < 4.78 is 27.7. The molecule has 0 aromatic heterocycles. The van der Waals surface area contributed by atoms with Crippen LogP contribution in [0.15, 0.2) is 36.4 Å². The fourth-order valence-electron chi connectivity index (χ4n) is 3.08. The molecule has 1 nitrogen and oxygen atoms in total. The average molecular weight is 300 g/mol. The van der Waals surface area contributed by atoms with E-state index in [1.807, 2.05) is 24.3 Å². The summed E-state index contributed by atoms with van der Waals surface area (Å²) in [5, 5.41) is 0. The molecule has 2 aromatic carbocycles. The summed E-state index contributed by atoms with van der Waals surface area (Å²) in [5.74, 6) is -0.847. The van der Waals surface area contributed by atoms with Gasteiger partial charge in [-0.15, -0.1) is 0 Å². The van der Waals surface area contributed by atoms with Crippen LogP contribution in [0.4, 0.5) is 8.78 Å². The Kier molecular flexibility index (Phi) is 4.06. The van der Waals surface area contributed by atoms with Gasteiger partial charge in [0.15, 0.2) is 11.6 Å². The Morgan fingerprint density at radius 1 is 0.909 bits per heavy atom. The predicted molar refractivity (Wildman–Crippen MR) is 82.7 cm³/mol. The van der Waals surface area contributed by atoms with E-state index in [0.717, 1.165) is 12.8 Å². The molecule has 0 atom stereocenters. The molecule has 1 fully saturated rings. The number of rotatable bonds is 2. The van der Waals surface area contributed by atoms with Crippen molar-refractivity contribution in [3.63, 3.8) is 0 Å². The smallest absolute Gasteiger partial charge is 0.166 e. The van der Waals surface area contributed by atoms with E-state index in [-0.39, 0.29) is 5.56 Å². The zero-order valence-corrected chi connectivity index (χ0v) is 12.5. The number of aryl methyl sites for hydroxylation is 1. The Balaban J connectivity index is 1.86. The number of ketones is 1. The summed E-state index contributed by atoms with van der Waals surface area (Å²) in [4.78, 5) is 11.3. The van der Waals surface area contributed by atoms with Gasteiger partial charge in [0, 0.05) is 18.4 Å². The first-order valence-electron chi connectivity index (χ1n) is 7.63. The summed E-state index contributed by atoms with van der Waals surface area (Å²) in [6.07, 6.45) is 3.05. The zero-order chi connectivity index (χ0) is 15.7. The van der Waals surface area contributed by atoms with Crippen molar-refractivity contribution < 1.29 is 13.6 Å². The van der Waals surface area contributed by atoms with E-state index >= 15 is 0 Å². The molecule has 3 rings (SSSR count). The molecule has 0 amide bonds. The molecule has 3 heteroatoms. The molecule has 0 aliphatic heterocycles. The first-order chi connectivity index (χ1) is 10.6. The van der Waals surface area contributed by atoms with Crippen LogP contribution >= 0.6 is 0 Å². The number of carbonyl (C=O) groups is 1. The number of hydrogen-bond acceptors (Lipinski definition) is 1. The van der Waals surface area contributed by atoms with Crippen molar-refractivity contribution in [2.45, 2.75) is 38.5 Å². The Labute approximate surface area is 129 Å². The van der Waals surface area contributed by atoms with Crippen LogP contribution in [0.25, 0.3) is 11.1 Å². The Morgan fingerprint density at radius 3 is 2.18 bits per heavy atom. The predicted octanol–water partition coefficient (Wildman–Crippen LogP) is 5.17. The van der Waals surface area contributed by atoms with E-state index in [2.05, 4.69) is 0 Å². The minimum absolute atomic E-state index is 0.286. The maximum atomic E-state index is 14.0. The van der Waals surface area contributed by atoms with Crippen molar-refractivity contribution >= 4 is 5.78 Å². The minimum Gasteiger partial charge on any atom is -0.300 e. The number of carbonyl (C=O) groups excluding carboxylic acids is 1. The van der Waals surface area contributed by atoms with E-state index < -0.39 is 11.6 Å². The first-order valence-corrected chi connectivity index (χ1v) is 7.63. The van der Waals surface area contributed by atoms with Gasteiger partial charge in [0.05, 0.1) is 0 Å². The third-order valence-electron chi connectivity index (χ3n) is 4.51. The van der Waals surface area contributed by atoms with Crippen molar-refractivity contribution in [2.24, 2.45) is 0 Å². The van der Waals surface area contributed by atoms with Crippen molar-refractivity contribution in [3.05, 3.63) is 59.2 Å². The van der Waals surface area contributed by atoms with Gasteiger partial charge in [-0.3, -0.25) is 4.79 Å². The monoisotopic (exact) mass is 300 g/mol. The second-order valence-electron chi connectivity index (χ2n) is 5.99. The lowest BCUT2D eigenvalue weighted by Gasteiger charge is -2.21. The maximum absolute atomic E-state index is 14.0. The highest BCUT2D eigenvalue weighted by atomic mass is 19.2. The normalized spacial score (nSPS) is 16.0. The second kappa shape index (κ2) is 5.99. The molecular formula is C19H18F2O. The van der Waals surface area contributed by atoms with Crippen LogP contribution in [0.3, 0.4) is 0 Å². The molecule has 0 unspecified atom stereocenters. The summed E-state index contributed by atoms with van der Waals surface area (Å²) in [7, 11) is 0. The van der Waals surface area contributed by atoms with Gasteiger partial charge in [-0.2, -0.15) is 0 Å². The van der Waals surface area contributed by atoms with Crippen LogP contribution in [-0.4, -0.2) is 5.78 Å². The second-order valence-corrected chi connectivity index (χ2v) is 5.99. The van der Waals surface area contributed by atoms with Crippen LogP contribution in [0, 0.1) is 18.6 Å². The Morgan fingerprint density at radius 2 is 1.55 bits per heavy atom. The topological polar surface area (TPSA) is 17.1 Å². The molecule has 2 aromatic rings. The third-order valence-corrected chi connectivity index (χ3v) is 4.51. The quantitative estimate of drug-likeness (QED) is 0.748. The molecule has 0 spiro atoms. The molecule has 22 heavy (non-hydrogen) atoms. The lowest BCUT2D eigenvalue weighted by atomic mass is 9.83. The largest absolute Gasteiger partial charge is 0.300 e. The highest BCUT2D eigenvalue weighted by Gasteiger charge is 2.20. The average Bonchev–Trinajstić information content (AvgIpc) is 2.54. The molecule has 0 radical (unpaired) electrons. The first kappa shape index (κ1) is 14.9. The van der Waals surface area contributed by atoms with Gasteiger partial charge in [-0.05, 0) is 42.4 Å². The van der Waals surface area contributed by atoms with Crippen LogP contribution in [0.5, 0.6) is 0 Å². The lowest BCUT2D eigenvalue weighted by molar-refractivity contribution is -0.120. The molecule has 114 valence electrons. The van der Waals surface area contributed by atoms with Crippen LogP contribution < -0.4 is 0 Å². The van der Waals surface area contributed by atoms with E-state index in [1.165, 1.54) is 5.56 Å². The van der Waals surface area contributed by atoms with E-state index in [4.69, 9.17) is 0 Å². The molecule has 0 bridgehead atoms. The van der Waals surface area contributed by atoms with Crippen LogP contribution in [0.1, 0.15) is 42.7 Å². The molecule has 1 aliphatic rings. The number of halogens is 2. The molecule has 1 aliphatic carbocycles. The maximum Gasteiger partial charge on any atom is 0.166 e. The highest BCUT2D eigenvalue weighted by molar-refractivity contribution is 5.79. The van der Waals surface area contributed by atoms with Crippen molar-refractivity contribution in [2.75, 3.05) is 0 Å². The van der Waals surface area contributed by atoms with Gasteiger partial charge >= 0.3 is 0 Å². The van der Waals surface area contributed by atoms with Crippen molar-refractivity contribution in [1.82, 2.24) is 0 Å². The van der Waals surface area contributed by atoms with Crippen LogP contribution in [-0.2, 0) is 4.79 Å². The van der Waals surface area contributed by atoms with E-state index in [9.17, 15) is 13.6 Å². The lowest BCUT2D eigenvalue weighted by Crippen LogP contribution is -2.12. The van der Waals surface area contributed by atoms with Gasteiger partial charge < -0.3 is 0 Å². The van der Waals surface area contributed by atoms with Crippen molar-refractivity contribution in [1.29, 1.82) is 0 Å². The molecular weight excluding hydrogens is 282 g/mol. The summed E-state index contributed by atoms with van der Waals surface area (Å²) in [5.41, 5.74) is 2.44. The minimum atomic E-state index is -0.795. The van der Waals surface area contributed by atoms with Gasteiger partial charge in [0.2, 0.25) is 0 Å². The molecule has 0 heterocycles. The standard InChI is InChI=1S/C19H18F2O/c1-12-2-11-17(19(21)18(12)20)15-5-3-13(4-6-15)14-7-9-16(22)10-8-14/h2-6,11,14H,7-10H2,1H3. The van der Waals surface area contributed by atoms with E-state index in [0.29, 0.717) is 35.7 Å². The van der Waals surface area contributed by atoms with Crippen LogP contribution in [0.2, 0.25) is 0 Å². The molecule has 1 saturated carbocycles. The number of hydrogen-bond donors (Lipinski definition) is 0. The highest BCUT2D eigenvalue weighted by Crippen LogP contribution is 2.33. The number of benzene rings is 2. The summed E-state index contributed by atoms with van der Waals surface area (Å²) >= 11 is 0. The number of Topliss-reactive ketones (excluding diaryl/α,β-unsaturated/α-hetero) is 1. The SMILES string of the molecule is Cc1ccc(-c2ccc(C3CCC(=O)CC3)cc2)c(F)c1F. The zero-order valence-electron chi connectivity index (χ0n) is 12.5. The van der Waals surface area contributed by atoms with Gasteiger partial charge in [-0.1, -0.05) is 36.4 Å². The fourth-order valence-corrected chi connectivity index (χ4v) is 3.08. The van der Waals surface area contributed by atoms with Gasteiger partial charge in [0.1, 0.15) is 5.78 Å². The molecule has 0 saturated heterocycles. The van der Waals surface area contributed by atoms with Gasteiger partial charge in [0.25, 0.3) is 0 Å². The Hall–Kier alpha value is -2.03. The summed E-state index contributed by atoms with van der Waals surface area (Å²) in [6, 6.07) is 10.8. The van der Waals surface area contributed by atoms with E-state index in [1.54, 1.807) is 19.1 Å². The van der Waals surface area contributed by atoms with Gasteiger partial charge in [-0.25, -0.2) is 8.78 Å². The Bertz CT molecular complexity index is 694. The van der Waals surface area contributed by atoms with Crippen molar-refractivity contribution in [3.8, 4) is 11.1 Å². The third kappa shape index (κ3) is 2.80.